The van der Waals surface area contributed by atoms with E-state index in [9.17, 15) is 9.59 Å². The number of nitrogens with one attached hydrogen (secondary N) is 2. The van der Waals surface area contributed by atoms with E-state index in [4.69, 9.17) is 4.52 Å². The van der Waals surface area contributed by atoms with Gasteiger partial charge in [-0.15, -0.1) is 0 Å². The number of rotatable bonds is 7. The Kier molecular flexibility index (Phi) is 5.43. The van der Waals surface area contributed by atoms with Crippen LogP contribution in [-0.2, 0) is 22.7 Å². The summed E-state index contributed by atoms with van der Waals surface area (Å²) in [5, 5.41) is 9.76. The highest BCUT2D eigenvalue weighted by Crippen LogP contribution is 2.40. The van der Waals surface area contributed by atoms with Crippen molar-refractivity contribution in [2.24, 2.45) is 0 Å². The summed E-state index contributed by atoms with van der Waals surface area (Å²) in [5.74, 6) is 1.15. The predicted octanol–water partition coefficient (Wildman–Crippen LogP) is 1.87. The molecule has 7 heteroatoms. The van der Waals surface area contributed by atoms with E-state index < -0.39 is 6.04 Å². The van der Waals surface area contributed by atoms with Crippen molar-refractivity contribution in [2.45, 2.75) is 51.2 Å². The summed E-state index contributed by atoms with van der Waals surface area (Å²) in [7, 11) is 0. The maximum absolute atomic E-state index is 12.5. The molecule has 2 aliphatic rings. The zero-order chi connectivity index (χ0) is 19.5. The van der Waals surface area contributed by atoms with Gasteiger partial charge in [-0.1, -0.05) is 29.4 Å². The molecule has 0 radical (unpaired) electrons. The first-order valence-electron chi connectivity index (χ1n) is 9.88. The largest absolute Gasteiger partial charge is 0.361 e. The van der Waals surface area contributed by atoms with Gasteiger partial charge in [0.25, 0.3) is 0 Å². The maximum Gasteiger partial charge on any atom is 0.237 e. The summed E-state index contributed by atoms with van der Waals surface area (Å²) in [6.45, 7) is 4.37. The van der Waals surface area contributed by atoms with Crippen molar-refractivity contribution in [2.75, 3.05) is 13.1 Å². The van der Waals surface area contributed by atoms with Crippen molar-refractivity contribution >= 4 is 11.8 Å². The second-order valence-corrected chi connectivity index (χ2v) is 7.68. The molecule has 1 aromatic heterocycles. The van der Waals surface area contributed by atoms with E-state index in [0.717, 1.165) is 30.8 Å². The number of aryl methyl sites for hydroxylation is 1. The van der Waals surface area contributed by atoms with Gasteiger partial charge in [0.1, 0.15) is 11.5 Å². The van der Waals surface area contributed by atoms with E-state index in [1.807, 2.05) is 18.2 Å². The van der Waals surface area contributed by atoms with Gasteiger partial charge in [0.15, 0.2) is 0 Å². The molecule has 1 atom stereocenters. The molecule has 2 aromatic rings. The lowest BCUT2D eigenvalue weighted by atomic mass is 10.0. The van der Waals surface area contributed by atoms with E-state index in [2.05, 4.69) is 39.7 Å². The molecule has 28 heavy (non-hydrogen) atoms. The Hall–Kier alpha value is -2.67. The van der Waals surface area contributed by atoms with E-state index in [1.54, 1.807) is 0 Å². The van der Waals surface area contributed by atoms with Gasteiger partial charge in [-0.2, -0.15) is 0 Å². The lowest BCUT2D eigenvalue weighted by molar-refractivity contribution is -0.134. The third-order valence-electron chi connectivity index (χ3n) is 5.48. The van der Waals surface area contributed by atoms with Crippen LogP contribution >= 0.6 is 0 Å². The average Bonchev–Trinajstić information content (AvgIpc) is 3.43. The summed E-state index contributed by atoms with van der Waals surface area (Å²) in [6.07, 6.45) is 2.42. The first-order chi connectivity index (χ1) is 13.6. The number of nitrogens with zero attached hydrogens (tertiary/aromatic N) is 2. The Morgan fingerprint density at radius 1 is 1.36 bits per heavy atom. The molecule has 2 amide bonds. The topological polar surface area (TPSA) is 87.5 Å². The minimum atomic E-state index is -0.465. The normalized spacial score (nSPS) is 20.0. The lowest BCUT2D eigenvalue weighted by Gasteiger charge is -2.35. The monoisotopic (exact) mass is 382 g/mol. The van der Waals surface area contributed by atoms with Crippen LogP contribution in [0.3, 0.4) is 0 Å². The highest BCUT2D eigenvalue weighted by Gasteiger charge is 2.32. The van der Waals surface area contributed by atoms with Gasteiger partial charge < -0.3 is 15.2 Å². The average molecular weight is 382 g/mol. The third-order valence-corrected chi connectivity index (χ3v) is 5.48. The third kappa shape index (κ3) is 4.42. The SMILES string of the molecule is Cc1ccccc1CN1CCNC(=O)C1CC(=O)NCc1cc(C2CC2)on1. The van der Waals surface area contributed by atoms with Gasteiger partial charge >= 0.3 is 0 Å². The highest BCUT2D eigenvalue weighted by atomic mass is 16.5. The summed E-state index contributed by atoms with van der Waals surface area (Å²) in [6, 6.07) is 9.59. The second kappa shape index (κ2) is 8.14. The molecule has 0 spiro atoms. The Bertz CT molecular complexity index is 859. The molecule has 1 saturated carbocycles. The zero-order valence-corrected chi connectivity index (χ0v) is 16.1. The maximum atomic E-state index is 12.5. The molecule has 1 aromatic carbocycles. The van der Waals surface area contributed by atoms with Gasteiger partial charge in [-0.25, -0.2) is 0 Å². The fourth-order valence-corrected chi connectivity index (χ4v) is 3.59. The van der Waals surface area contributed by atoms with Crippen molar-refractivity contribution < 1.29 is 14.1 Å². The number of hydrogen-bond acceptors (Lipinski definition) is 5. The zero-order valence-electron chi connectivity index (χ0n) is 16.1. The smallest absolute Gasteiger partial charge is 0.237 e. The van der Waals surface area contributed by atoms with Gasteiger partial charge in [-0.3, -0.25) is 14.5 Å². The van der Waals surface area contributed by atoms with Gasteiger partial charge in [0, 0.05) is 31.6 Å². The standard InChI is InChI=1S/C21H26N4O3/c1-14-4-2-3-5-16(14)13-25-9-8-22-21(27)18(25)11-20(26)23-12-17-10-19(28-24-17)15-6-7-15/h2-5,10,15,18H,6-9,11-13H2,1H3,(H,22,27)(H,23,26). The summed E-state index contributed by atoms with van der Waals surface area (Å²) in [5.41, 5.74) is 3.09. The molecule has 148 valence electrons. The summed E-state index contributed by atoms with van der Waals surface area (Å²) < 4.78 is 5.31. The van der Waals surface area contributed by atoms with Gasteiger partial charge in [0.2, 0.25) is 11.8 Å². The molecule has 2 N–H and O–H groups in total. The Morgan fingerprint density at radius 2 is 2.18 bits per heavy atom. The molecular weight excluding hydrogens is 356 g/mol. The van der Waals surface area contributed by atoms with Crippen molar-refractivity contribution in [1.82, 2.24) is 20.7 Å². The van der Waals surface area contributed by atoms with Crippen molar-refractivity contribution in [3.8, 4) is 0 Å². The van der Waals surface area contributed by atoms with Crippen LogP contribution in [0.25, 0.3) is 0 Å². The van der Waals surface area contributed by atoms with Crippen LogP contribution in [0.1, 0.15) is 47.8 Å². The lowest BCUT2D eigenvalue weighted by Crippen LogP contribution is -2.56. The van der Waals surface area contributed by atoms with Crippen molar-refractivity contribution in [1.29, 1.82) is 0 Å². The number of benzene rings is 1. The number of aromatic nitrogens is 1. The molecule has 1 saturated heterocycles. The van der Waals surface area contributed by atoms with E-state index in [1.165, 1.54) is 11.1 Å². The second-order valence-electron chi connectivity index (χ2n) is 7.68. The van der Waals surface area contributed by atoms with Crippen LogP contribution in [0.15, 0.2) is 34.9 Å². The van der Waals surface area contributed by atoms with E-state index >= 15 is 0 Å². The van der Waals surface area contributed by atoms with Crippen LogP contribution in [-0.4, -0.2) is 41.0 Å². The summed E-state index contributed by atoms with van der Waals surface area (Å²) >= 11 is 0. The quantitative estimate of drug-likeness (QED) is 0.763. The number of carbonyl (C=O) groups is 2. The molecule has 0 bridgehead atoms. The Morgan fingerprint density at radius 3 is 2.96 bits per heavy atom. The number of amides is 2. The minimum Gasteiger partial charge on any atom is -0.361 e. The highest BCUT2D eigenvalue weighted by molar-refractivity contribution is 5.88. The van der Waals surface area contributed by atoms with Crippen LogP contribution in [0.4, 0.5) is 0 Å². The molecular formula is C21H26N4O3. The van der Waals surface area contributed by atoms with Crippen LogP contribution < -0.4 is 10.6 Å². The molecule has 2 fully saturated rings. The fourth-order valence-electron chi connectivity index (χ4n) is 3.59. The van der Waals surface area contributed by atoms with E-state index in [0.29, 0.717) is 25.6 Å². The fraction of sp³-hybridized carbons (Fsp3) is 0.476. The van der Waals surface area contributed by atoms with Crippen molar-refractivity contribution in [3.63, 3.8) is 0 Å². The van der Waals surface area contributed by atoms with E-state index in [-0.39, 0.29) is 18.2 Å². The molecule has 1 unspecified atom stereocenters. The first kappa shape index (κ1) is 18.7. The number of piperazine rings is 1. The van der Waals surface area contributed by atoms with Crippen molar-refractivity contribution in [3.05, 3.63) is 52.9 Å². The minimum absolute atomic E-state index is 0.0903. The van der Waals surface area contributed by atoms with Crippen LogP contribution in [0.2, 0.25) is 0 Å². The Balaban J connectivity index is 1.35. The molecule has 4 rings (SSSR count). The van der Waals surface area contributed by atoms with Crippen LogP contribution in [0, 0.1) is 6.92 Å². The number of carbonyl (C=O) groups excluding carboxylic acids is 2. The number of hydrogen-bond donors (Lipinski definition) is 2. The predicted molar refractivity (Wildman–Crippen MR) is 103 cm³/mol. The Labute approximate surface area is 164 Å². The molecule has 1 aliphatic carbocycles. The molecule has 2 heterocycles. The molecule has 7 nitrogen and oxygen atoms in total. The van der Waals surface area contributed by atoms with Gasteiger partial charge in [-0.05, 0) is 30.9 Å². The first-order valence-corrected chi connectivity index (χ1v) is 9.88. The summed E-state index contributed by atoms with van der Waals surface area (Å²) in [4.78, 5) is 27.0. The molecule has 1 aliphatic heterocycles. The van der Waals surface area contributed by atoms with Gasteiger partial charge in [0.05, 0.1) is 19.0 Å². The van der Waals surface area contributed by atoms with Crippen LogP contribution in [0.5, 0.6) is 0 Å².